The standard InChI is InChI=1S/C21H28N2O3/c1-2-3-4-7-19(25)22-11-15-13-23(14-16(15)12-22)20(26)21-8-5-6-17(21)9-18(24)10-21/h4,7,17H,2-3,5-6,8-14H2,1H3/b7-4+/t17-,21-/m0/s1. The predicted octanol–water partition coefficient (Wildman–Crippen LogP) is 2.47. The number of carbonyl (C=O) groups is 3. The molecule has 2 atom stereocenters. The van der Waals surface area contributed by atoms with Gasteiger partial charge >= 0.3 is 0 Å². The minimum absolute atomic E-state index is 0.0709. The van der Waals surface area contributed by atoms with Gasteiger partial charge in [-0.3, -0.25) is 14.4 Å². The average Bonchev–Trinajstić information content (AvgIpc) is 3.31. The van der Waals surface area contributed by atoms with Gasteiger partial charge in [-0.1, -0.05) is 25.8 Å². The highest BCUT2D eigenvalue weighted by molar-refractivity contribution is 5.95. The van der Waals surface area contributed by atoms with Gasteiger partial charge in [-0.2, -0.15) is 0 Å². The lowest BCUT2D eigenvalue weighted by Crippen LogP contribution is -2.45. The molecule has 4 rings (SSSR count). The van der Waals surface area contributed by atoms with Gasteiger partial charge in [0.15, 0.2) is 0 Å². The zero-order chi connectivity index (χ0) is 18.3. The van der Waals surface area contributed by atoms with Crippen LogP contribution in [-0.2, 0) is 14.4 Å². The quantitative estimate of drug-likeness (QED) is 0.574. The summed E-state index contributed by atoms with van der Waals surface area (Å²) in [5, 5.41) is 0. The number of ketones is 1. The molecule has 2 heterocycles. The molecule has 2 amide bonds. The molecule has 5 heteroatoms. The van der Waals surface area contributed by atoms with E-state index in [-0.39, 0.29) is 23.5 Å². The number of amides is 2. The average molecular weight is 356 g/mol. The Kier molecular flexibility index (Phi) is 4.49. The van der Waals surface area contributed by atoms with E-state index in [1.54, 1.807) is 6.08 Å². The lowest BCUT2D eigenvalue weighted by Gasteiger charge is -2.33. The summed E-state index contributed by atoms with van der Waals surface area (Å²) in [7, 11) is 0. The first-order chi connectivity index (χ1) is 12.5. The van der Waals surface area contributed by atoms with E-state index in [4.69, 9.17) is 0 Å². The van der Waals surface area contributed by atoms with Crippen molar-refractivity contribution in [2.45, 2.75) is 51.9 Å². The van der Waals surface area contributed by atoms with Crippen LogP contribution in [-0.4, -0.2) is 53.6 Å². The van der Waals surface area contributed by atoms with Gasteiger partial charge < -0.3 is 9.80 Å². The number of carbonyl (C=O) groups excluding carboxylic acids is 3. The maximum absolute atomic E-state index is 13.3. The molecule has 0 bridgehead atoms. The molecule has 0 aromatic rings. The third-order valence-electron chi connectivity index (χ3n) is 6.71. The Morgan fingerprint density at radius 1 is 1.15 bits per heavy atom. The molecule has 26 heavy (non-hydrogen) atoms. The molecule has 140 valence electrons. The van der Waals surface area contributed by atoms with Gasteiger partial charge in [-0.15, -0.1) is 0 Å². The van der Waals surface area contributed by atoms with Crippen LogP contribution in [0, 0.1) is 11.3 Å². The van der Waals surface area contributed by atoms with E-state index in [2.05, 4.69) is 6.92 Å². The molecule has 5 nitrogen and oxygen atoms in total. The van der Waals surface area contributed by atoms with Crippen LogP contribution >= 0.6 is 0 Å². The van der Waals surface area contributed by atoms with E-state index in [9.17, 15) is 14.4 Å². The van der Waals surface area contributed by atoms with E-state index in [0.29, 0.717) is 39.0 Å². The Morgan fingerprint density at radius 3 is 2.54 bits per heavy atom. The van der Waals surface area contributed by atoms with Crippen molar-refractivity contribution in [1.82, 2.24) is 9.80 Å². The number of hydrogen-bond donors (Lipinski definition) is 0. The lowest BCUT2D eigenvalue weighted by molar-refractivity contribution is -0.143. The van der Waals surface area contributed by atoms with Crippen molar-refractivity contribution in [1.29, 1.82) is 0 Å². The van der Waals surface area contributed by atoms with Crippen LogP contribution in [0.5, 0.6) is 0 Å². The fourth-order valence-electron chi connectivity index (χ4n) is 5.38. The van der Waals surface area contributed by atoms with E-state index in [1.165, 1.54) is 11.1 Å². The number of fused-ring (bicyclic) bond motifs is 1. The summed E-state index contributed by atoms with van der Waals surface area (Å²) >= 11 is 0. The van der Waals surface area contributed by atoms with Crippen LogP contribution in [0.1, 0.15) is 51.9 Å². The van der Waals surface area contributed by atoms with Crippen LogP contribution in [0.15, 0.2) is 23.3 Å². The van der Waals surface area contributed by atoms with Crippen LogP contribution in [0.4, 0.5) is 0 Å². The maximum atomic E-state index is 13.3. The zero-order valence-corrected chi connectivity index (χ0v) is 15.6. The summed E-state index contributed by atoms with van der Waals surface area (Å²) in [6.45, 7) is 4.66. The second-order valence-electron chi connectivity index (χ2n) is 8.42. The van der Waals surface area contributed by atoms with Crippen molar-refractivity contribution in [2.75, 3.05) is 26.2 Å². The minimum Gasteiger partial charge on any atom is -0.334 e. The van der Waals surface area contributed by atoms with E-state index in [1.807, 2.05) is 15.9 Å². The molecular weight excluding hydrogens is 328 g/mol. The molecule has 2 aliphatic heterocycles. The molecular formula is C21H28N2O3. The summed E-state index contributed by atoms with van der Waals surface area (Å²) in [5.74, 6) is 0.792. The summed E-state index contributed by atoms with van der Waals surface area (Å²) in [6, 6.07) is 0. The highest BCUT2D eigenvalue weighted by Gasteiger charge is 2.56. The van der Waals surface area contributed by atoms with Crippen LogP contribution < -0.4 is 0 Å². The van der Waals surface area contributed by atoms with Gasteiger partial charge in [0.2, 0.25) is 11.8 Å². The Labute approximate surface area is 155 Å². The van der Waals surface area contributed by atoms with Crippen molar-refractivity contribution >= 4 is 17.6 Å². The normalized spacial score (nSPS) is 30.7. The largest absolute Gasteiger partial charge is 0.334 e. The van der Waals surface area contributed by atoms with Crippen molar-refractivity contribution in [3.05, 3.63) is 23.3 Å². The molecule has 0 unspecified atom stereocenters. The van der Waals surface area contributed by atoms with Crippen molar-refractivity contribution in [2.24, 2.45) is 11.3 Å². The highest BCUT2D eigenvalue weighted by atomic mass is 16.2. The van der Waals surface area contributed by atoms with Gasteiger partial charge in [0.25, 0.3) is 0 Å². The van der Waals surface area contributed by atoms with Crippen molar-refractivity contribution < 1.29 is 14.4 Å². The van der Waals surface area contributed by atoms with Gasteiger partial charge in [0.05, 0.1) is 5.41 Å². The Morgan fingerprint density at radius 2 is 1.85 bits per heavy atom. The number of Topliss-reactive ketones (excluding diaryl/α,β-unsaturated/α-hetero) is 1. The van der Waals surface area contributed by atoms with E-state index in [0.717, 1.165) is 32.1 Å². The third-order valence-corrected chi connectivity index (χ3v) is 6.71. The van der Waals surface area contributed by atoms with Gasteiger partial charge in [-0.05, 0) is 42.4 Å². The second-order valence-corrected chi connectivity index (χ2v) is 8.42. The van der Waals surface area contributed by atoms with Crippen LogP contribution in [0.2, 0.25) is 0 Å². The van der Waals surface area contributed by atoms with Crippen LogP contribution in [0.25, 0.3) is 0 Å². The molecule has 0 radical (unpaired) electrons. The molecule has 0 N–H and O–H groups in total. The Bertz CT molecular complexity index is 690. The second kappa shape index (κ2) is 6.67. The number of rotatable bonds is 4. The van der Waals surface area contributed by atoms with Gasteiger partial charge in [-0.25, -0.2) is 0 Å². The summed E-state index contributed by atoms with van der Waals surface area (Å²) < 4.78 is 0. The summed E-state index contributed by atoms with van der Waals surface area (Å²) in [4.78, 5) is 41.3. The molecule has 2 fully saturated rings. The predicted molar refractivity (Wildman–Crippen MR) is 98.2 cm³/mol. The summed E-state index contributed by atoms with van der Waals surface area (Å²) in [6.07, 6.45) is 9.60. The number of unbranched alkanes of at least 4 members (excludes halogenated alkanes) is 1. The maximum Gasteiger partial charge on any atom is 0.246 e. The lowest BCUT2D eigenvalue weighted by atomic mass is 9.79. The molecule has 0 aromatic carbocycles. The van der Waals surface area contributed by atoms with Crippen molar-refractivity contribution in [3.8, 4) is 0 Å². The van der Waals surface area contributed by atoms with Gasteiger partial charge in [0.1, 0.15) is 5.78 Å². The Balaban J connectivity index is 1.37. The van der Waals surface area contributed by atoms with E-state index >= 15 is 0 Å². The SMILES string of the molecule is CCC/C=C/C(=O)N1CC2=C(C1)CN(C(=O)[C@]13CCC[C@H]1CC(=O)C3)C2. The monoisotopic (exact) mass is 356 g/mol. The molecule has 2 saturated carbocycles. The molecule has 0 spiro atoms. The highest BCUT2D eigenvalue weighted by Crippen LogP contribution is 2.54. The molecule has 0 saturated heterocycles. The molecule has 4 aliphatic rings. The number of allylic oxidation sites excluding steroid dienone is 1. The van der Waals surface area contributed by atoms with Gasteiger partial charge in [0, 0.05) is 39.0 Å². The number of hydrogen-bond acceptors (Lipinski definition) is 3. The number of nitrogens with zero attached hydrogens (tertiary/aromatic N) is 2. The van der Waals surface area contributed by atoms with Crippen LogP contribution in [0.3, 0.4) is 0 Å². The third kappa shape index (κ3) is 2.81. The van der Waals surface area contributed by atoms with E-state index < -0.39 is 5.41 Å². The first kappa shape index (κ1) is 17.5. The molecule has 2 aliphatic carbocycles. The fraction of sp³-hybridized carbons (Fsp3) is 0.667. The molecule has 0 aromatic heterocycles. The Hall–Kier alpha value is -1.91. The summed E-state index contributed by atoms with van der Waals surface area (Å²) in [5.41, 5.74) is 2.05. The first-order valence-corrected chi connectivity index (χ1v) is 10.00. The first-order valence-electron chi connectivity index (χ1n) is 10.00. The van der Waals surface area contributed by atoms with Crippen molar-refractivity contribution in [3.63, 3.8) is 0 Å². The topological polar surface area (TPSA) is 57.7 Å². The minimum atomic E-state index is -0.408. The zero-order valence-electron chi connectivity index (χ0n) is 15.6. The smallest absolute Gasteiger partial charge is 0.246 e. The fourth-order valence-corrected chi connectivity index (χ4v) is 5.38.